The van der Waals surface area contributed by atoms with E-state index >= 15 is 0 Å². The van der Waals surface area contributed by atoms with Gasteiger partial charge in [-0.05, 0) is 56.4 Å². The van der Waals surface area contributed by atoms with E-state index in [4.69, 9.17) is 0 Å². The van der Waals surface area contributed by atoms with Crippen molar-refractivity contribution >= 4 is 11.7 Å². The van der Waals surface area contributed by atoms with Gasteiger partial charge in [-0.25, -0.2) is 0 Å². The number of aryl methyl sites for hydroxylation is 1. The van der Waals surface area contributed by atoms with Crippen LogP contribution in [0.3, 0.4) is 0 Å². The van der Waals surface area contributed by atoms with E-state index in [0.29, 0.717) is 24.2 Å². The average Bonchev–Trinajstić information content (AvgIpc) is 2.57. The lowest BCUT2D eigenvalue weighted by Crippen LogP contribution is -2.34. The van der Waals surface area contributed by atoms with E-state index in [1.54, 1.807) is 35.9 Å². The molecule has 126 valence electrons. The number of hydrogen-bond acceptors (Lipinski definition) is 5. The summed E-state index contributed by atoms with van der Waals surface area (Å²) in [6.07, 6.45) is 5.76. The third-order valence-electron chi connectivity index (χ3n) is 4.43. The molecule has 1 amide bonds. The number of pyridine rings is 1. The maximum Gasteiger partial charge on any atom is 0.263 e. The highest BCUT2D eigenvalue weighted by atomic mass is 16.3. The number of amides is 1. The molecule has 1 fully saturated rings. The van der Waals surface area contributed by atoms with E-state index in [2.05, 4.69) is 15.5 Å². The SMILES string of the molecule is Cc1ccn(C2CCC(O)CC2)c(=O)c1C(=O)Nc1cccnn1. The molecule has 2 aromatic heterocycles. The molecule has 0 unspecified atom stereocenters. The molecule has 1 aliphatic rings. The Morgan fingerprint density at radius 2 is 2.04 bits per heavy atom. The van der Waals surface area contributed by atoms with Crippen LogP contribution in [0.25, 0.3) is 0 Å². The van der Waals surface area contributed by atoms with Crippen molar-refractivity contribution in [2.45, 2.75) is 44.8 Å². The van der Waals surface area contributed by atoms with Crippen LogP contribution in [-0.2, 0) is 0 Å². The fraction of sp³-hybridized carbons (Fsp3) is 0.412. The minimum atomic E-state index is -0.483. The number of rotatable bonds is 3. The molecule has 0 aromatic carbocycles. The molecule has 2 heterocycles. The van der Waals surface area contributed by atoms with Crippen molar-refractivity contribution < 1.29 is 9.90 Å². The van der Waals surface area contributed by atoms with Gasteiger partial charge in [0.2, 0.25) is 0 Å². The van der Waals surface area contributed by atoms with Crippen molar-refractivity contribution in [3.05, 3.63) is 52.1 Å². The summed E-state index contributed by atoms with van der Waals surface area (Å²) in [4.78, 5) is 25.3. The Kier molecular flexibility index (Phi) is 4.71. The molecule has 0 saturated heterocycles. The zero-order chi connectivity index (χ0) is 17.1. The molecule has 0 atom stereocenters. The highest BCUT2D eigenvalue weighted by Gasteiger charge is 2.24. The van der Waals surface area contributed by atoms with Gasteiger partial charge >= 0.3 is 0 Å². The summed E-state index contributed by atoms with van der Waals surface area (Å²) in [5.41, 5.74) is 0.431. The van der Waals surface area contributed by atoms with Crippen LogP contribution in [0.1, 0.15) is 47.6 Å². The molecular weight excluding hydrogens is 308 g/mol. The Morgan fingerprint density at radius 1 is 1.29 bits per heavy atom. The van der Waals surface area contributed by atoms with Crippen LogP contribution in [-0.4, -0.2) is 31.9 Å². The summed E-state index contributed by atoms with van der Waals surface area (Å²) in [5, 5.41) is 19.7. The van der Waals surface area contributed by atoms with Crippen molar-refractivity contribution in [1.29, 1.82) is 0 Å². The maximum atomic E-state index is 12.8. The number of nitrogens with one attached hydrogen (secondary N) is 1. The molecule has 0 radical (unpaired) electrons. The summed E-state index contributed by atoms with van der Waals surface area (Å²) in [6, 6.07) is 5.07. The van der Waals surface area contributed by atoms with Crippen LogP contribution in [0.2, 0.25) is 0 Å². The number of carbonyl (C=O) groups excluding carboxylic acids is 1. The van der Waals surface area contributed by atoms with Gasteiger partial charge in [0.05, 0.1) is 6.10 Å². The molecule has 0 bridgehead atoms. The normalized spacial score (nSPS) is 20.6. The van der Waals surface area contributed by atoms with Crippen LogP contribution in [0.4, 0.5) is 5.82 Å². The second kappa shape index (κ2) is 6.92. The summed E-state index contributed by atoms with van der Waals surface area (Å²) in [5.74, 6) is -0.180. The summed E-state index contributed by atoms with van der Waals surface area (Å²) >= 11 is 0. The second-order valence-corrected chi connectivity index (χ2v) is 6.11. The minimum Gasteiger partial charge on any atom is -0.393 e. The highest BCUT2D eigenvalue weighted by molar-refractivity contribution is 6.04. The van der Waals surface area contributed by atoms with Gasteiger partial charge in [-0.3, -0.25) is 9.59 Å². The molecule has 0 aliphatic heterocycles. The van der Waals surface area contributed by atoms with Crippen LogP contribution in [0.5, 0.6) is 0 Å². The van der Waals surface area contributed by atoms with Crippen molar-refractivity contribution in [1.82, 2.24) is 14.8 Å². The van der Waals surface area contributed by atoms with E-state index in [0.717, 1.165) is 12.8 Å². The third-order valence-corrected chi connectivity index (χ3v) is 4.43. The first-order valence-electron chi connectivity index (χ1n) is 8.05. The molecule has 3 rings (SSSR count). The van der Waals surface area contributed by atoms with Gasteiger partial charge in [0, 0.05) is 18.4 Å². The zero-order valence-electron chi connectivity index (χ0n) is 13.5. The Hall–Kier alpha value is -2.54. The third kappa shape index (κ3) is 3.35. The van der Waals surface area contributed by atoms with Gasteiger partial charge in [-0.1, -0.05) is 0 Å². The predicted octanol–water partition coefficient (Wildman–Crippen LogP) is 1.68. The van der Waals surface area contributed by atoms with E-state index in [1.165, 1.54) is 6.20 Å². The Labute approximate surface area is 139 Å². The largest absolute Gasteiger partial charge is 0.393 e. The molecule has 24 heavy (non-hydrogen) atoms. The molecule has 2 aromatic rings. The second-order valence-electron chi connectivity index (χ2n) is 6.11. The van der Waals surface area contributed by atoms with Gasteiger partial charge in [0.25, 0.3) is 11.5 Å². The predicted molar refractivity (Wildman–Crippen MR) is 88.9 cm³/mol. The van der Waals surface area contributed by atoms with Crippen molar-refractivity contribution in [3.8, 4) is 0 Å². The first kappa shape index (κ1) is 16.3. The summed E-state index contributed by atoms with van der Waals surface area (Å²) in [7, 11) is 0. The lowest BCUT2D eigenvalue weighted by Gasteiger charge is -2.27. The molecule has 7 nitrogen and oxygen atoms in total. The minimum absolute atomic E-state index is 0.0181. The first-order valence-corrected chi connectivity index (χ1v) is 8.05. The number of carbonyl (C=O) groups is 1. The Morgan fingerprint density at radius 3 is 2.71 bits per heavy atom. The number of hydrogen-bond donors (Lipinski definition) is 2. The van der Waals surface area contributed by atoms with E-state index in [9.17, 15) is 14.7 Å². The van der Waals surface area contributed by atoms with Gasteiger partial charge < -0.3 is 15.0 Å². The van der Waals surface area contributed by atoms with E-state index in [-0.39, 0.29) is 23.3 Å². The van der Waals surface area contributed by atoms with Gasteiger partial charge in [-0.2, -0.15) is 5.10 Å². The molecule has 7 heteroatoms. The van der Waals surface area contributed by atoms with Crippen LogP contribution >= 0.6 is 0 Å². The lowest BCUT2D eigenvalue weighted by molar-refractivity contribution is 0.101. The zero-order valence-corrected chi connectivity index (χ0v) is 13.5. The number of aliphatic hydroxyl groups is 1. The smallest absolute Gasteiger partial charge is 0.263 e. The fourth-order valence-corrected chi connectivity index (χ4v) is 3.09. The Bertz CT molecular complexity index is 780. The first-order chi connectivity index (χ1) is 11.6. The number of aliphatic hydroxyl groups excluding tert-OH is 1. The number of anilines is 1. The summed E-state index contributed by atoms with van der Waals surface area (Å²) in [6.45, 7) is 1.74. The van der Waals surface area contributed by atoms with Gasteiger partial charge in [-0.15, -0.1) is 5.10 Å². The standard InChI is InChI=1S/C17H20N4O3/c1-11-8-10-21(12-4-6-13(22)7-5-12)17(24)15(11)16(23)19-14-3-2-9-18-20-14/h2-3,8-10,12-13,22H,4-7H2,1H3,(H,19,20,23). The van der Waals surface area contributed by atoms with Crippen molar-refractivity contribution in [3.63, 3.8) is 0 Å². The highest BCUT2D eigenvalue weighted by Crippen LogP contribution is 2.27. The lowest BCUT2D eigenvalue weighted by atomic mass is 9.92. The molecule has 1 aliphatic carbocycles. The van der Waals surface area contributed by atoms with Crippen LogP contribution < -0.4 is 10.9 Å². The van der Waals surface area contributed by atoms with Gasteiger partial charge in [0.15, 0.2) is 5.82 Å². The van der Waals surface area contributed by atoms with Crippen LogP contribution in [0.15, 0.2) is 35.4 Å². The molecule has 2 N–H and O–H groups in total. The average molecular weight is 328 g/mol. The van der Waals surface area contributed by atoms with Crippen molar-refractivity contribution in [2.24, 2.45) is 0 Å². The molecular formula is C17H20N4O3. The molecule has 0 spiro atoms. The topological polar surface area (TPSA) is 97.1 Å². The maximum absolute atomic E-state index is 12.8. The quantitative estimate of drug-likeness (QED) is 0.893. The monoisotopic (exact) mass is 328 g/mol. The van der Waals surface area contributed by atoms with Crippen LogP contribution in [0, 0.1) is 6.92 Å². The fourth-order valence-electron chi connectivity index (χ4n) is 3.09. The molecule has 1 saturated carbocycles. The Balaban J connectivity index is 1.89. The van der Waals surface area contributed by atoms with E-state index < -0.39 is 5.91 Å². The van der Waals surface area contributed by atoms with Crippen molar-refractivity contribution in [2.75, 3.05) is 5.32 Å². The van der Waals surface area contributed by atoms with Gasteiger partial charge in [0.1, 0.15) is 5.56 Å². The van der Waals surface area contributed by atoms with E-state index in [1.807, 2.05) is 0 Å². The summed E-state index contributed by atoms with van der Waals surface area (Å²) < 4.78 is 1.62. The number of nitrogens with zero attached hydrogens (tertiary/aromatic N) is 3. The number of aromatic nitrogens is 3.